The van der Waals surface area contributed by atoms with Crippen LogP contribution in [0.1, 0.15) is 94.2 Å². The predicted octanol–water partition coefficient (Wildman–Crippen LogP) is 9.56. The summed E-state index contributed by atoms with van der Waals surface area (Å²) in [7, 11) is 0. The van der Waals surface area contributed by atoms with Crippen LogP contribution in [0.25, 0.3) is 22.3 Å². The number of benzene rings is 3. The third-order valence-electron chi connectivity index (χ3n) is 8.80. The highest BCUT2D eigenvalue weighted by molar-refractivity contribution is 5.87. The largest absolute Gasteiger partial charge is 0.491 e. The van der Waals surface area contributed by atoms with Crippen molar-refractivity contribution in [1.82, 2.24) is 0 Å². The van der Waals surface area contributed by atoms with Gasteiger partial charge < -0.3 is 14.6 Å². The molecule has 0 aromatic heterocycles. The number of carbonyl (C=O) groups excluding carboxylic acids is 1. The maximum Gasteiger partial charge on any atom is 0.333 e. The Bertz CT molecular complexity index is 1320. The summed E-state index contributed by atoms with van der Waals surface area (Å²) in [6, 6.07) is 21.4. The van der Waals surface area contributed by atoms with Crippen molar-refractivity contribution >= 4 is 5.97 Å². The van der Waals surface area contributed by atoms with Gasteiger partial charge in [-0.2, -0.15) is 0 Å². The molecular weight excluding hydrogens is 520 g/mol. The van der Waals surface area contributed by atoms with Gasteiger partial charge in [0.15, 0.2) is 0 Å². The van der Waals surface area contributed by atoms with Gasteiger partial charge >= 0.3 is 5.97 Å². The molecule has 0 atom stereocenters. The molecule has 4 heteroatoms. The Balaban J connectivity index is 1.54. The summed E-state index contributed by atoms with van der Waals surface area (Å²) >= 11 is 0. The molecule has 0 unspecified atom stereocenters. The Morgan fingerprint density at radius 2 is 1.60 bits per heavy atom. The van der Waals surface area contributed by atoms with Gasteiger partial charge in [-0.25, -0.2) is 4.79 Å². The summed E-state index contributed by atoms with van der Waals surface area (Å²) in [6.07, 6.45) is 11.1. The Hall–Kier alpha value is -3.37. The SMILES string of the molecule is C=C(CC)C(=O)OCc1cc(C2CCC(CCCCC)CC2)ccc1-c1ccc(-c2ccc(OCCO)cc2C)cc1. The number of aliphatic hydroxyl groups is 1. The van der Waals surface area contributed by atoms with Crippen molar-refractivity contribution in [3.63, 3.8) is 0 Å². The third-order valence-corrected chi connectivity index (χ3v) is 8.80. The number of carbonyl (C=O) groups is 1. The topological polar surface area (TPSA) is 55.8 Å². The zero-order valence-electron chi connectivity index (χ0n) is 25.8. The molecule has 0 amide bonds. The first-order valence-electron chi connectivity index (χ1n) is 15.9. The fourth-order valence-electron chi connectivity index (χ4n) is 6.17. The summed E-state index contributed by atoms with van der Waals surface area (Å²) in [5.41, 5.74) is 8.50. The molecule has 1 N–H and O–H groups in total. The van der Waals surface area contributed by atoms with E-state index >= 15 is 0 Å². The molecule has 1 fully saturated rings. The fourth-order valence-corrected chi connectivity index (χ4v) is 6.17. The van der Waals surface area contributed by atoms with Gasteiger partial charge in [-0.3, -0.25) is 0 Å². The summed E-state index contributed by atoms with van der Waals surface area (Å²) in [5.74, 6) is 1.88. The lowest BCUT2D eigenvalue weighted by Gasteiger charge is -2.29. The zero-order chi connectivity index (χ0) is 29.9. The van der Waals surface area contributed by atoms with E-state index in [1.54, 1.807) is 0 Å². The first-order chi connectivity index (χ1) is 20.4. The molecular formula is C38H48O4. The molecule has 0 spiro atoms. The molecule has 0 radical (unpaired) electrons. The van der Waals surface area contributed by atoms with Gasteiger partial charge in [0.1, 0.15) is 19.0 Å². The van der Waals surface area contributed by atoms with Crippen LogP contribution >= 0.6 is 0 Å². The molecule has 4 rings (SSSR count). The Morgan fingerprint density at radius 1 is 0.905 bits per heavy atom. The van der Waals surface area contributed by atoms with Gasteiger partial charge in [0.2, 0.25) is 0 Å². The van der Waals surface area contributed by atoms with Crippen LogP contribution < -0.4 is 4.74 Å². The van der Waals surface area contributed by atoms with Crippen molar-refractivity contribution in [2.75, 3.05) is 13.2 Å². The van der Waals surface area contributed by atoms with Gasteiger partial charge in [-0.15, -0.1) is 0 Å². The van der Waals surface area contributed by atoms with Crippen LogP contribution in [0.5, 0.6) is 5.75 Å². The van der Waals surface area contributed by atoms with Crippen LogP contribution in [0.4, 0.5) is 0 Å². The number of esters is 1. The summed E-state index contributed by atoms with van der Waals surface area (Å²) in [6.45, 7) is 10.7. The van der Waals surface area contributed by atoms with Gasteiger partial charge in [-0.1, -0.05) is 94.6 Å². The van der Waals surface area contributed by atoms with Crippen LogP contribution in [0, 0.1) is 12.8 Å². The second-order valence-corrected chi connectivity index (χ2v) is 11.8. The maximum atomic E-state index is 12.5. The highest BCUT2D eigenvalue weighted by atomic mass is 16.5. The fraction of sp³-hybridized carbons (Fsp3) is 0.447. The molecule has 42 heavy (non-hydrogen) atoms. The maximum absolute atomic E-state index is 12.5. The molecule has 1 saturated carbocycles. The van der Waals surface area contributed by atoms with Crippen molar-refractivity contribution in [1.29, 1.82) is 0 Å². The van der Waals surface area contributed by atoms with Crippen molar-refractivity contribution in [2.24, 2.45) is 5.92 Å². The van der Waals surface area contributed by atoms with E-state index in [0.717, 1.165) is 45.0 Å². The molecule has 0 heterocycles. The minimum atomic E-state index is -0.321. The summed E-state index contributed by atoms with van der Waals surface area (Å²) in [5, 5.41) is 9.04. The normalized spacial score (nSPS) is 16.7. The molecule has 1 aliphatic carbocycles. The number of hydrogen-bond acceptors (Lipinski definition) is 4. The van der Waals surface area contributed by atoms with Crippen molar-refractivity contribution < 1.29 is 19.4 Å². The van der Waals surface area contributed by atoms with Crippen molar-refractivity contribution in [3.8, 4) is 28.0 Å². The first-order valence-corrected chi connectivity index (χ1v) is 15.9. The number of unbranched alkanes of at least 4 members (excludes halogenated alkanes) is 2. The van der Waals surface area contributed by atoms with Crippen LogP contribution in [-0.2, 0) is 16.1 Å². The van der Waals surface area contributed by atoms with Gasteiger partial charge in [0, 0.05) is 5.57 Å². The summed E-state index contributed by atoms with van der Waals surface area (Å²) < 4.78 is 11.3. The zero-order valence-corrected chi connectivity index (χ0v) is 25.8. The van der Waals surface area contributed by atoms with E-state index < -0.39 is 0 Å². The van der Waals surface area contributed by atoms with E-state index in [1.807, 2.05) is 19.1 Å². The molecule has 3 aromatic carbocycles. The minimum absolute atomic E-state index is 0.00195. The van der Waals surface area contributed by atoms with E-state index in [4.69, 9.17) is 14.6 Å². The van der Waals surface area contributed by atoms with Crippen LogP contribution in [0.15, 0.2) is 72.8 Å². The van der Waals surface area contributed by atoms with Crippen LogP contribution in [0.2, 0.25) is 0 Å². The van der Waals surface area contributed by atoms with Crippen LogP contribution in [-0.4, -0.2) is 24.3 Å². The predicted molar refractivity (Wildman–Crippen MR) is 173 cm³/mol. The second-order valence-electron chi connectivity index (χ2n) is 11.8. The van der Waals surface area contributed by atoms with Crippen molar-refractivity contribution in [3.05, 3.63) is 89.5 Å². The van der Waals surface area contributed by atoms with Crippen molar-refractivity contribution in [2.45, 2.75) is 91.1 Å². The number of rotatable bonds is 14. The third kappa shape index (κ3) is 8.35. The minimum Gasteiger partial charge on any atom is -0.491 e. The lowest BCUT2D eigenvalue weighted by atomic mass is 9.76. The first kappa shape index (κ1) is 31.6. The van der Waals surface area contributed by atoms with E-state index in [0.29, 0.717) is 17.9 Å². The van der Waals surface area contributed by atoms with E-state index in [-0.39, 0.29) is 25.8 Å². The molecule has 0 aliphatic heterocycles. The average molecular weight is 569 g/mol. The average Bonchev–Trinajstić information content (AvgIpc) is 3.02. The van der Waals surface area contributed by atoms with E-state index in [2.05, 4.69) is 69.0 Å². The van der Waals surface area contributed by atoms with E-state index in [1.165, 1.54) is 56.9 Å². The molecule has 4 nitrogen and oxygen atoms in total. The summed E-state index contributed by atoms with van der Waals surface area (Å²) in [4.78, 5) is 12.5. The monoisotopic (exact) mass is 568 g/mol. The molecule has 3 aromatic rings. The molecule has 0 bridgehead atoms. The second kappa shape index (κ2) is 15.7. The number of hydrogen-bond donors (Lipinski definition) is 1. The smallest absolute Gasteiger partial charge is 0.333 e. The highest BCUT2D eigenvalue weighted by Crippen LogP contribution is 2.39. The Labute approximate surface area is 252 Å². The number of ether oxygens (including phenoxy) is 2. The number of aliphatic hydroxyl groups excluding tert-OH is 1. The quantitative estimate of drug-likeness (QED) is 0.119. The molecule has 224 valence electrons. The molecule has 0 saturated heterocycles. The van der Waals surface area contributed by atoms with Gasteiger partial charge in [0.25, 0.3) is 0 Å². The lowest BCUT2D eigenvalue weighted by molar-refractivity contribution is -0.140. The lowest BCUT2D eigenvalue weighted by Crippen LogP contribution is -2.14. The Kier molecular flexibility index (Phi) is 11.8. The Morgan fingerprint density at radius 3 is 2.24 bits per heavy atom. The molecule has 1 aliphatic rings. The highest BCUT2D eigenvalue weighted by Gasteiger charge is 2.23. The number of aryl methyl sites for hydroxylation is 1. The van der Waals surface area contributed by atoms with Crippen LogP contribution in [0.3, 0.4) is 0 Å². The standard InChI is InChI=1S/C38H48O4/c1-5-7-8-9-29-10-12-30(13-11-29)33-18-20-37(34(25-33)26-42-38(40)27(3)6-2)32-16-14-31(15-17-32)36-21-19-35(24-28(36)4)41-23-22-39/h14-21,24-25,29-30,39H,3,5-13,22-23,26H2,1-2,4H3. The van der Waals surface area contributed by atoms with E-state index in [9.17, 15) is 4.79 Å². The van der Waals surface area contributed by atoms with Gasteiger partial charge in [0.05, 0.1) is 6.61 Å². The van der Waals surface area contributed by atoms with Gasteiger partial charge in [-0.05, 0) is 102 Å².